The Morgan fingerprint density at radius 1 is 1.14 bits per heavy atom. The zero-order valence-corrected chi connectivity index (χ0v) is 19.3. The van der Waals surface area contributed by atoms with E-state index in [-0.39, 0.29) is 5.91 Å². The Morgan fingerprint density at radius 2 is 2.09 bits per heavy atom. The van der Waals surface area contributed by atoms with Crippen LogP contribution in [0.4, 0.5) is 17.3 Å². The molecule has 1 amide bonds. The first kappa shape index (κ1) is 20.3. The molecule has 0 spiro atoms. The van der Waals surface area contributed by atoms with Crippen LogP contribution >= 0.6 is 0 Å². The molecule has 3 aliphatic rings. The van der Waals surface area contributed by atoms with Crippen molar-refractivity contribution in [2.24, 2.45) is 13.0 Å². The summed E-state index contributed by atoms with van der Waals surface area (Å²) in [6.07, 6.45) is 10.2. The Morgan fingerprint density at radius 3 is 3.03 bits per heavy atom. The number of nitrogens with zero attached hydrogens (tertiary/aromatic N) is 6. The van der Waals surface area contributed by atoms with Gasteiger partial charge in [0.25, 0.3) is 5.91 Å². The normalized spacial score (nSPS) is 20.8. The molecule has 2 atom stereocenters. The summed E-state index contributed by atoms with van der Waals surface area (Å²) in [6, 6.07) is 4.45. The van der Waals surface area contributed by atoms with Gasteiger partial charge < -0.3 is 25.4 Å². The average Bonchev–Trinajstić information content (AvgIpc) is 3.65. The molecule has 10 nitrogen and oxygen atoms in total. The van der Waals surface area contributed by atoms with Crippen molar-refractivity contribution in [1.82, 2.24) is 35.1 Å². The summed E-state index contributed by atoms with van der Waals surface area (Å²) in [5.41, 5.74) is 4.74. The van der Waals surface area contributed by atoms with Gasteiger partial charge in [0.1, 0.15) is 11.5 Å². The van der Waals surface area contributed by atoms with Crippen molar-refractivity contribution in [3.05, 3.63) is 54.2 Å². The van der Waals surface area contributed by atoms with Gasteiger partial charge in [-0.2, -0.15) is 0 Å². The molecule has 7 rings (SSSR count). The number of hydrogen-bond acceptors (Lipinski definition) is 8. The van der Waals surface area contributed by atoms with Crippen LogP contribution in [0, 0.1) is 5.92 Å². The standard InChI is InChI=1S/C25H25N9O/c1-33-6-4-16-15(2-5-28-24(16)33)23-17-9-30-25(35)22(17)18(10-29-23)31-20-12-27-13-21(32-20)34-7-3-14-8-26-11-19(14)34/h2,4-6,10,12-14,19,26H,3,7-9,11H2,1H3,(H,30,35)(H,31,32)/t14-,19+/m0/s1. The fourth-order valence-electron chi connectivity index (χ4n) is 5.76. The third-order valence-corrected chi connectivity index (χ3v) is 7.48. The van der Waals surface area contributed by atoms with Gasteiger partial charge in [0.15, 0.2) is 5.82 Å². The molecule has 0 aromatic carbocycles. The number of nitrogens with one attached hydrogen (secondary N) is 3. The van der Waals surface area contributed by atoms with E-state index in [9.17, 15) is 4.79 Å². The monoisotopic (exact) mass is 467 g/mol. The molecule has 3 aliphatic heterocycles. The average molecular weight is 468 g/mol. The summed E-state index contributed by atoms with van der Waals surface area (Å²) in [5.74, 6) is 2.01. The number of fused-ring (bicyclic) bond motifs is 3. The molecule has 4 aromatic rings. The SMILES string of the molecule is Cn1ccc2c(-c3ncc(Nc4cncc(N5CC[C@H]6CNC[C@H]65)n4)c4c3CNC4=O)ccnc21. The lowest BCUT2D eigenvalue weighted by atomic mass is 10.0. The molecule has 176 valence electrons. The summed E-state index contributed by atoms with van der Waals surface area (Å²) in [5, 5.41) is 10.8. The summed E-state index contributed by atoms with van der Waals surface area (Å²) in [4.78, 5) is 33.8. The highest BCUT2D eigenvalue weighted by molar-refractivity contribution is 6.06. The van der Waals surface area contributed by atoms with E-state index >= 15 is 0 Å². The van der Waals surface area contributed by atoms with E-state index in [0.29, 0.717) is 35.6 Å². The quantitative estimate of drug-likeness (QED) is 0.419. The highest BCUT2D eigenvalue weighted by atomic mass is 16.1. The van der Waals surface area contributed by atoms with E-state index in [1.54, 1.807) is 18.6 Å². The van der Waals surface area contributed by atoms with Gasteiger partial charge in [-0.1, -0.05) is 0 Å². The lowest BCUT2D eigenvalue weighted by Gasteiger charge is -2.24. The Balaban J connectivity index is 1.25. The van der Waals surface area contributed by atoms with E-state index in [4.69, 9.17) is 9.97 Å². The van der Waals surface area contributed by atoms with Crippen molar-refractivity contribution in [2.75, 3.05) is 29.9 Å². The van der Waals surface area contributed by atoms with E-state index in [2.05, 4.69) is 30.8 Å². The van der Waals surface area contributed by atoms with E-state index in [1.807, 2.05) is 36.1 Å². The molecule has 10 heteroatoms. The number of pyridine rings is 2. The molecule has 0 aliphatic carbocycles. The van der Waals surface area contributed by atoms with E-state index in [0.717, 1.165) is 53.3 Å². The number of carbonyl (C=O) groups excluding carboxylic acids is 1. The van der Waals surface area contributed by atoms with Gasteiger partial charge in [0.05, 0.1) is 35.5 Å². The van der Waals surface area contributed by atoms with Gasteiger partial charge >= 0.3 is 0 Å². The Bertz CT molecular complexity index is 1480. The molecule has 2 fully saturated rings. The lowest BCUT2D eigenvalue weighted by molar-refractivity contribution is 0.0966. The summed E-state index contributed by atoms with van der Waals surface area (Å²) in [6.45, 7) is 3.46. The van der Waals surface area contributed by atoms with Crippen LogP contribution in [0.2, 0.25) is 0 Å². The number of hydrogen-bond donors (Lipinski definition) is 3. The van der Waals surface area contributed by atoms with Crippen LogP contribution in [-0.2, 0) is 13.6 Å². The molecule has 0 bridgehead atoms. The van der Waals surface area contributed by atoms with Crippen molar-refractivity contribution in [3.8, 4) is 11.3 Å². The van der Waals surface area contributed by atoms with Crippen molar-refractivity contribution in [1.29, 1.82) is 0 Å². The Labute approximate surface area is 201 Å². The number of rotatable bonds is 4. The Kier molecular flexibility index (Phi) is 4.50. The second-order valence-electron chi connectivity index (χ2n) is 9.43. The third-order valence-electron chi connectivity index (χ3n) is 7.48. The molecule has 7 heterocycles. The van der Waals surface area contributed by atoms with E-state index < -0.39 is 0 Å². The molecule has 0 unspecified atom stereocenters. The maximum Gasteiger partial charge on any atom is 0.254 e. The highest BCUT2D eigenvalue weighted by Gasteiger charge is 2.38. The van der Waals surface area contributed by atoms with Gasteiger partial charge in [-0.3, -0.25) is 14.8 Å². The van der Waals surface area contributed by atoms with Crippen LogP contribution in [-0.4, -0.2) is 56.1 Å². The van der Waals surface area contributed by atoms with Gasteiger partial charge in [-0.05, 0) is 24.5 Å². The Hall–Kier alpha value is -4.05. The first-order chi connectivity index (χ1) is 17.2. The minimum atomic E-state index is -0.118. The van der Waals surface area contributed by atoms with Crippen LogP contribution in [0.5, 0.6) is 0 Å². The largest absolute Gasteiger partial charge is 0.351 e. The molecule has 4 aromatic heterocycles. The number of carbonyl (C=O) groups is 1. The molecule has 35 heavy (non-hydrogen) atoms. The highest BCUT2D eigenvalue weighted by Crippen LogP contribution is 2.36. The maximum atomic E-state index is 12.9. The second kappa shape index (κ2) is 7.74. The van der Waals surface area contributed by atoms with Crippen molar-refractivity contribution < 1.29 is 4.79 Å². The van der Waals surface area contributed by atoms with E-state index in [1.165, 1.54) is 6.42 Å². The number of aryl methyl sites for hydroxylation is 1. The summed E-state index contributed by atoms with van der Waals surface area (Å²) >= 11 is 0. The molecular weight excluding hydrogens is 442 g/mol. The fraction of sp³-hybridized carbons (Fsp3) is 0.320. The van der Waals surface area contributed by atoms with Crippen molar-refractivity contribution in [3.63, 3.8) is 0 Å². The van der Waals surface area contributed by atoms with Crippen LogP contribution in [0.1, 0.15) is 22.3 Å². The zero-order valence-electron chi connectivity index (χ0n) is 19.3. The predicted molar refractivity (Wildman–Crippen MR) is 133 cm³/mol. The minimum Gasteiger partial charge on any atom is -0.351 e. The second-order valence-corrected chi connectivity index (χ2v) is 9.43. The maximum absolute atomic E-state index is 12.9. The summed E-state index contributed by atoms with van der Waals surface area (Å²) < 4.78 is 1.98. The summed E-state index contributed by atoms with van der Waals surface area (Å²) in [7, 11) is 1.97. The van der Waals surface area contributed by atoms with Crippen molar-refractivity contribution in [2.45, 2.75) is 19.0 Å². The molecule has 0 saturated carbocycles. The van der Waals surface area contributed by atoms with Crippen LogP contribution in [0.15, 0.2) is 43.1 Å². The third kappa shape index (κ3) is 3.17. The molecular formula is C25H25N9O. The first-order valence-electron chi connectivity index (χ1n) is 11.9. The number of anilines is 3. The topological polar surface area (TPSA) is 113 Å². The lowest BCUT2D eigenvalue weighted by Crippen LogP contribution is -2.34. The smallest absolute Gasteiger partial charge is 0.254 e. The number of aromatic nitrogens is 5. The van der Waals surface area contributed by atoms with Gasteiger partial charge in [-0.15, -0.1) is 0 Å². The van der Waals surface area contributed by atoms with Crippen LogP contribution in [0.3, 0.4) is 0 Å². The first-order valence-corrected chi connectivity index (χ1v) is 11.9. The van der Waals surface area contributed by atoms with Crippen molar-refractivity contribution >= 4 is 34.3 Å². The fourth-order valence-corrected chi connectivity index (χ4v) is 5.76. The molecule has 0 radical (unpaired) electrons. The van der Waals surface area contributed by atoms with Crippen LogP contribution < -0.4 is 20.9 Å². The molecule has 3 N–H and O–H groups in total. The zero-order chi connectivity index (χ0) is 23.5. The van der Waals surface area contributed by atoms with Gasteiger partial charge in [0, 0.05) is 68.2 Å². The van der Waals surface area contributed by atoms with Gasteiger partial charge in [0.2, 0.25) is 0 Å². The number of amides is 1. The predicted octanol–water partition coefficient (Wildman–Crippen LogP) is 2.21. The van der Waals surface area contributed by atoms with Gasteiger partial charge in [-0.25, -0.2) is 9.97 Å². The molecule has 2 saturated heterocycles. The van der Waals surface area contributed by atoms with Crippen LogP contribution in [0.25, 0.3) is 22.3 Å². The minimum absolute atomic E-state index is 0.118.